The Morgan fingerprint density at radius 1 is 0.889 bits per heavy atom. The van der Waals surface area contributed by atoms with E-state index in [2.05, 4.69) is 11.9 Å². The molecule has 0 atom stereocenters. The maximum Gasteiger partial charge on any atom is 0.269 e. The first-order valence-electron chi connectivity index (χ1n) is 12.2. The summed E-state index contributed by atoms with van der Waals surface area (Å²) in [6.45, 7) is 2.16. The van der Waals surface area contributed by atoms with Gasteiger partial charge in [-0.1, -0.05) is 68.3 Å². The first-order valence-corrected chi connectivity index (χ1v) is 13.6. The molecule has 0 saturated carbocycles. The summed E-state index contributed by atoms with van der Waals surface area (Å²) in [7, 11) is -3.87. The molecule has 0 spiro atoms. The Balaban J connectivity index is 1.72. The van der Waals surface area contributed by atoms with Crippen molar-refractivity contribution in [3.63, 3.8) is 0 Å². The molecule has 0 bridgehead atoms. The number of nitrogens with zero attached hydrogens (tertiary/aromatic N) is 2. The van der Waals surface area contributed by atoms with Crippen molar-refractivity contribution in [2.24, 2.45) is 0 Å². The molecule has 2 heterocycles. The standard InChI is InChI=1S/C30H27FN2O2S/c1-2-3-5-10-24-18-19-32-30-29(24)27-21-23(15-14-22-9-8-11-25(31)20-22)16-17-28(27)33(30)36(34,35)26-12-6-4-7-13-26/h4,6-9,11-21H,2-3,5,10H2,1H3. The minimum Gasteiger partial charge on any atom is -0.237 e. The lowest BCUT2D eigenvalue weighted by atomic mass is 10.0. The van der Waals surface area contributed by atoms with Gasteiger partial charge in [-0.25, -0.2) is 21.8 Å². The summed E-state index contributed by atoms with van der Waals surface area (Å²) in [5.41, 5.74) is 3.77. The Bertz CT molecular complexity index is 1670. The van der Waals surface area contributed by atoms with E-state index in [1.807, 2.05) is 42.5 Å². The van der Waals surface area contributed by atoms with Gasteiger partial charge in [0.05, 0.1) is 10.4 Å². The van der Waals surface area contributed by atoms with Crippen LogP contribution in [0.1, 0.15) is 42.9 Å². The van der Waals surface area contributed by atoms with Crippen LogP contribution in [0.15, 0.2) is 90.0 Å². The molecule has 0 amide bonds. The van der Waals surface area contributed by atoms with E-state index < -0.39 is 10.0 Å². The zero-order valence-electron chi connectivity index (χ0n) is 20.1. The summed E-state index contributed by atoms with van der Waals surface area (Å²) in [4.78, 5) is 4.78. The van der Waals surface area contributed by atoms with Gasteiger partial charge in [-0.2, -0.15) is 0 Å². The number of fused-ring (bicyclic) bond motifs is 3. The van der Waals surface area contributed by atoms with E-state index in [0.29, 0.717) is 11.2 Å². The third-order valence-corrected chi connectivity index (χ3v) is 8.08. The lowest BCUT2D eigenvalue weighted by Gasteiger charge is -2.09. The number of rotatable bonds is 8. The molecule has 0 unspecified atom stereocenters. The lowest BCUT2D eigenvalue weighted by molar-refractivity contribution is 0.590. The van der Waals surface area contributed by atoms with E-state index in [9.17, 15) is 12.8 Å². The molecule has 0 aliphatic carbocycles. The van der Waals surface area contributed by atoms with Crippen LogP contribution in [-0.2, 0) is 16.4 Å². The van der Waals surface area contributed by atoms with Crippen molar-refractivity contribution in [3.8, 4) is 0 Å². The van der Waals surface area contributed by atoms with E-state index in [1.54, 1.807) is 42.6 Å². The van der Waals surface area contributed by atoms with Crippen molar-refractivity contribution in [1.29, 1.82) is 0 Å². The monoisotopic (exact) mass is 498 g/mol. The highest BCUT2D eigenvalue weighted by molar-refractivity contribution is 7.90. The van der Waals surface area contributed by atoms with E-state index in [-0.39, 0.29) is 10.7 Å². The average Bonchev–Trinajstić information content (AvgIpc) is 3.23. The average molecular weight is 499 g/mol. The molecule has 5 rings (SSSR count). The Hall–Kier alpha value is -3.77. The number of aryl methyl sites for hydroxylation is 1. The van der Waals surface area contributed by atoms with Crippen molar-refractivity contribution >= 4 is 44.1 Å². The second-order valence-electron chi connectivity index (χ2n) is 8.87. The predicted octanol–water partition coefficient (Wildman–Crippen LogP) is 7.47. The second kappa shape index (κ2) is 10.1. The largest absolute Gasteiger partial charge is 0.269 e. The van der Waals surface area contributed by atoms with Crippen LogP contribution in [0.2, 0.25) is 0 Å². The molecule has 2 aromatic heterocycles. The molecule has 0 N–H and O–H groups in total. The minimum absolute atomic E-state index is 0.220. The molecule has 0 radical (unpaired) electrons. The van der Waals surface area contributed by atoms with Gasteiger partial charge in [-0.3, -0.25) is 0 Å². The number of aromatic nitrogens is 2. The van der Waals surface area contributed by atoms with Crippen LogP contribution in [0, 0.1) is 5.82 Å². The Kier molecular flexibility index (Phi) is 6.70. The van der Waals surface area contributed by atoms with Gasteiger partial charge in [-0.05, 0) is 72.0 Å². The number of hydrogen-bond acceptors (Lipinski definition) is 3. The zero-order valence-corrected chi connectivity index (χ0v) is 20.9. The highest BCUT2D eigenvalue weighted by Crippen LogP contribution is 2.35. The van der Waals surface area contributed by atoms with Gasteiger partial charge < -0.3 is 0 Å². The van der Waals surface area contributed by atoms with Crippen LogP contribution in [-0.4, -0.2) is 17.4 Å². The summed E-state index contributed by atoms with van der Waals surface area (Å²) < 4.78 is 42.6. The van der Waals surface area contributed by atoms with Crippen LogP contribution >= 0.6 is 0 Å². The number of unbranched alkanes of at least 4 members (excludes halogenated alkanes) is 2. The van der Waals surface area contributed by atoms with Crippen LogP contribution in [0.25, 0.3) is 34.1 Å². The lowest BCUT2D eigenvalue weighted by Crippen LogP contribution is -2.13. The first kappa shape index (κ1) is 23.9. The van der Waals surface area contributed by atoms with Crippen LogP contribution < -0.4 is 0 Å². The maximum absolute atomic E-state index is 13.8. The Labute approximate surface area is 210 Å². The molecule has 0 aliphatic heterocycles. The molecule has 182 valence electrons. The fourth-order valence-electron chi connectivity index (χ4n) is 4.60. The Morgan fingerprint density at radius 3 is 2.42 bits per heavy atom. The van der Waals surface area contributed by atoms with Crippen molar-refractivity contribution in [2.75, 3.05) is 0 Å². The van der Waals surface area contributed by atoms with Crippen LogP contribution in [0.5, 0.6) is 0 Å². The number of pyridine rings is 1. The van der Waals surface area contributed by atoms with E-state index >= 15 is 0 Å². The molecule has 5 aromatic rings. The summed E-state index contributed by atoms with van der Waals surface area (Å²) >= 11 is 0. The highest BCUT2D eigenvalue weighted by atomic mass is 32.2. The van der Waals surface area contributed by atoms with Gasteiger partial charge >= 0.3 is 0 Å². The summed E-state index contributed by atoms with van der Waals surface area (Å²) in [5.74, 6) is -0.287. The maximum atomic E-state index is 13.8. The second-order valence-corrected chi connectivity index (χ2v) is 10.7. The van der Waals surface area contributed by atoms with Gasteiger partial charge in [0.15, 0.2) is 5.65 Å². The Morgan fingerprint density at radius 2 is 1.67 bits per heavy atom. The molecular formula is C30H27FN2O2S. The third-order valence-electron chi connectivity index (χ3n) is 6.37. The van der Waals surface area contributed by atoms with Crippen molar-refractivity contribution in [3.05, 3.63) is 108 Å². The first-order chi connectivity index (χ1) is 17.5. The molecule has 36 heavy (non-hydrogen) atoms. The van der Waals surface area contributed by atoms with Gasteiger partial charge in [0.2, 0.25) is 0 Å². The van der Waals surface area contributed by atoms with E-state index in [0.717, 1.165) is 53.1 Å². The van der Waals surface area contributed by atoms with E-state index in [4.69, 9.17) is 0 Å². The van der Waals surface area contributed by atoms with Crippen molar-refractivity contribution in [1.82, 2.24) is 8.96 Å². The molecule has 0 fully saturated rings. The topological polar surface area (TPSA) is 52.0 Å². The molecule has 0 saturated heterocycles. The summed E-state index contributed by atoms with van der Waals surface area (Å²) in [6, 6.07) is 22.6. The normalized spacial score (nSPS) is 12.2. The zero-order chi connectivity index (χ0) is 25.1. The SMILES string of the molecule is CCCCCc1ccnc2c1c1cc(C=Cc3cccc(F)c3)ccc1n2S(=O)(=O)c1ccccc1. The van der Waals surface area contributed by atoms with Gasteiger partial charge in [0.1, 0.15) is 5.82 Å². The number of benzene rings is 3. The highest BCUT2D eigenvalue weighted by Gasteiger charge is 2.25. The van der Waals surface area contributed by atoms with Crippen molar-refractivity contribution < 1.29 is 12.8 Å². The van der Waals surface area contributed by atoms with Crippen molar-refractivity contribution in [2.45, 2.75) is 37.5 Å². The molecule has 3 aromatic carbocycles. The fourth-order valence-corrected chi connectivity index (χ4v) is 6.10. The molecule has 4 nitrogen and oxygen atoms in total. The number of halogens is 1. The van der Waals surface area contributed by atoms with Gasteiger partial charge in [-0.15, -0.1) is 0 Å². The molecule has 0 aliphatic rings. The van der Waals surface area contributed by atoms with Crippen LogP contribution in [0.3, 0.4) is 0 Å². The minimum atomic E-state index is -3.87. The summed E-state index contributed by atoms with van der Waals surface area (Å²) in [6.07, 6.45) is 9.54. The molecule has 6 heteroatoms. The third kappa shape index (κ3) is 4.56. The summed E-state index contributed by atoms with van der Waals surface area (Å²) in [5, 5.41) is 1.70. The smallest absolute Gasteiger partial charge is 0.237 e. The van der Waals surface area contributed by atoms with Gasteiger partial charge in [0.25, 0.3) is 10.0 Å². The molecular weight excluding hydrogens is 471 g/mol. The fraction of sp³-hybridized carbons (Fsp3) is 0.167. The number of hydrogen-bond donors (Lipinski definition) is 0. The van der Waals surface area contributed by atoms with Gasteiger partial charge in [0, 0.05) is 17.0 Å². The predicted molar refractivity (Wildman–Crippen MR) is 145 cm³/mol. The van der Waals surface area contributed by atoms with E-state index in [1.165, 1.54) is 16.1 Å². The van der Waals surface area contributed by atoms with Crippen LogP contribution in [0.4, 0.5) is 4.39 Å². The quantitative estimate of drug-likeness (QED) is 0.165.